The van der Waals surface area contributed by atoms with E-state index in [1.165, 1.54) is 96.3 Å². The van der Waals surface area contributed by atoms with Gasteiger partial charge < -0.3 is 54.3 Å². The molecule has 0 fully saturated rings. The van der Waals surface area contributed by atoms with Crippen molar-refractivity contribution in [2.75, 3.05) is 77.5 Å². The van der Waals surface area contributed by atoms with Gasteiger partial charge in [-0.05, 0) is 43.5 Å². The van der Waals surface area contributed by atoms with Gasteiger partial charge in [-0.3, -0.25) is 18.9 Å². The summed E-state index contributed by atoms with van der Waals surface area (Å²) in [6, 6.07) is 5.44. The first-order valence-corrected chi connectivity index (χ1v) is 29.9. The molecular weight excluding hydrogens is 1010 g/mol. The van der Waals surface area contributed by atoms with Crippen LogP contribution in [0, 0.1) is 0 Å². The van der Waals surface area contributed by atoms with Crippen LogP contribution in [-0.2, 0) is 48.8 Å². The zero-order valence-corrected chi connectivity index (χ0v) is 48.3. The molecule has 21 heteroatoms. The Morgan fingerprint density at radius 2 is 1.25 bits per heavy atom. The Morgan fingerprint density at radius 3 is 1.82 bits per heavy atom. The van der Waals surface area contributed by atoms with E-state index in [1.807, 2.05) is 33.1 Å². The molecule has 434 valence electrons. The first kappa shape index (κ1) is 66.3. The molecule has 2 heterocycles. The second-order valence-corrected chi connectivity index (χ2v) is 22.6. The normalized spacial score (nSPS) is 13.2. The predicted octanol–water partition coefficient (Wildman–Crippen LogP) is 9.71. The number of esters is 3. The molecule has 0 aliphatic rings. The van der Waals surface area contributed by atoms with E-state index in [0.717, 1.165) is 44.2 Å². The summed E-state index contributed by atoms with van der Waals surface area (Å²) < 4.78 is 40.1. The third-order valence-corrected chi connectivity index (χ3v) is 14.0. The second kappa shape index (κ2) is 37.7. The lowest BCUT2D eigenvalue weighted by Gasteiger charge is -2.28. The number of fused-ring (bicyclic) bond motifs is 1. The maximum absolute atomic E-state index is 13.7. The van der Waals surface area contributed by atoms with E-state index in [9.17, 15) is 28.6 Å². The van der Waals surface area contributed by atoms with Crippen molar-refractivity contribution in [3.05, 3.63) is 41.7 Å². The Labute approximate surface area is 459 Å². The van der Waals surface area contributed by atoms with E-state index < -0.39 is 57.0 Å². The van der Waals surface area contributed by atoms with E-state index >= 15 is 0 Å². The van der Waals surface area contributed by atoms with Crippen molar-refractivity contribution in [3.63, 3.8) is 0 Å². The summed E-state index contributed by atoms with van der Waals surface area (Å²) in [5, 5.41) is 2.74. The first-order valence-electron chi connectivity index (χ1n) is 28.5. The summed E-state index contributed by atoms with van der Waals surface area (Å²) in [7, 11) is 2.64. The summed E-state index contributed by atoms with van der Waals surface area (Å²) in [6.07, 6.45) is 25.9. The first-order chi connectivity index (χ1) is 36.9. The fourth-order valence-corrected chi connectivity index (χ4v) is 9.15. The fourth-order valence-electron chi connectivity index (χ4n) is 8.42. The number of nitrogen functional groups attached to an aromatic ring is 2. The van der Waals surface area contributed by atoms with Gasteiger partial charge in [0.1, 0.15) is 25.8 Å². The van der Waals surface area contributed by atoms with E-state index in [4.69, 9.17) is 34.7 Å². The Bertz CT molecular complexity index is 2220. The number of carbonyl (C=O) groups is 4. The topological polar surface area (TPSA) is 273 Å². The molecule has 3 rings (SSSR count). The minimum Gasteiger partial charge on any atom is -0.756 e. The van der Waals surface area contributed by atoms with Crippen LogP contribution >= 0.6 is 7.82 Å². The number of phosphoric ester groups is 1. The van der Waals surface area contributed by atoms with Crippen LogP contribution in [0.1, 0.15) is 197 Å². The van der Waals surface area contributed by atoms with Crippen LogP contribution in [0.4, 0.5) is 17.5 Å². The van der Waals surface area contributed by atoms with E-state index in [0.29, 0.717) is 41.6 Å². The standard InChI is InChI=1S/C56H94N9O11P/c1-7-9-11-13-15-17-19-20-21-22-24-26-28-30-49(66)73-42-47(43-75-77(70,71)74-39-37-65(4,5)6)76-50(67)36-35-48(55(69)72-38-29-27-25-23-18-16-14-12-10-8-2)61-54(68)44-31-33-46(34-32-44)64(3)41-45-40-59-53-51(60-45)52(57)62-56(58)63-53/h31-34,40,47-48H,7-30,35-39,41-43H2,1-6H3,(H5-,57,58,59,61,62,63,68,70,71)/t47-,48+/m1/s1. The van der Waals surface area contributed by atoms with Gasteiger partial charge in [-0.2, -0.15) is 9.97 Å². The lowest BCUT2D eigenvalue weighted by atomic mass is 10.0. The van der Waals surface area contributed by atoms with Crippen LogP contribution in [-0.4, -0.2) is 122 Å². The van der Waals surface area contributed by atoms with Crippen LogP contribution in [0.3, 0.4) is 0 Å². The van der Waals surface area contributed by atoms with Gasteiger partial charge in [0, 0.05) is 31.1 Å². The minimum atomic E-state index is -4.84. The number of nitrogens with two attached hydrogens (primary N) is 2. The molecule has 0 bridgehead atoms. The number of unbranched alkanes of at least 4 members (excludes halogenated alkanes) is 21. The molecule has 0 aliphatic heterocycles. The largest absolute Gasteiger partial charge is 0.756 e. The summed E-state index contributed by atoms with van der Waals surface area (Å²) >= 11 is 0. The monoisotopic (exact) mass is 1100 g/mol. The number of likely N-dealkylation sites (N-methyl/N-ethyl adjacent to an activating group) is 1. The number of ether oxygens (including phenoxy) is 3. The number of quaternary nitrogens is 1. The zero-order valence-electron chi connectivity index (χ0n) is 47.4. The van der Waals surface area contributed by atoms with Crippen LogP contribution in [0.25, 0.3) is 11.2 Å². The quantitative estimate of drug-likeness (QED) is 0.0156. The van der Waals surface area contributed by atoms with Gasteiger partial charge in [0.25, 0.3) is 13.7 Å². The van der Waals surface area contributed by atoms with Crippen molar-refractivity contribution < 1.29 is 56.4 Å². The van der Waals surface area contributed by atoms with Gasteiger partial charge in [-0.25, -0.2) is 14.8 Å². The average molecular weight is 1100 g/mol. The molecular formula is C56H94N9O11P. The molecule has 1 unspecified atom stereocenters. The van der Waals surface area contributed by atoms with Crippen molar-refractivity contribution in [2.24, 2.45) is 0 Å². The highest BCUT2D eigenvalue weighted by atomic mass is 31.2. The predicted molar refractivity (Wildman–Crippen MR) is 299 cm³/mol. The summed E-state index contributed by atoms with van der Waals surface area (Å²) in [5.41, 5.74) is 13.9. The molecule has 3 atom stereocenters. The lowest BCUT2D eigenvalue weighted by molar-refractivity contribution is -0.870. The number of nitrogens with one attached hydrogen (secondary N) is 1. The average Bonchev–Trinajstić information content (AvgIpc) is 3.38. The number of benzene rings is 1. The number of hydrogen-bond donors (Lipinski definition) is 3. The Balaban J connectivity index is 1.62. The van der Waals surface area contributed by atoms with Gasteiger partial charge >= 0.3 is 17.9 Å². The summed E-state index contributed by atoms with van der Waals surface area (Å²) in [5.74, 6) is -2.55. The van der Waals surface area contributed by atoms with Crippen LogP contribution < -0.4 is 26.6 Å². The number of hydrogen-bond acceptors (Lipinski definition) is 18. The van der Waals surface area contributed by atoms with Crippen LogP contribution in [0.15, 0.2) is 30.5 Å². The second-order valence-electron chi connectivity index (χ2n) is 21.2. The zero-order chi connectivity index (χ0) is 56.3. The van der Waals surface area contributed by atoms with E-state index in [1.54, 1.807) is 30.5 Å². The summed E-state index contributed by atoms with van der Waals surface area (Å²) in [4.78, 5) is 85.2. The van der Waals surface area contributed by atoms with Crippen LogP contribution in [0.2, 0.25) is 0 Å². The van der Waals surface area contributed by atoms with Gasteiger partial charge in [0.05, 0.1) is 52.8 Å². The highest BCUT2D eigenvalue weighted by molar-refractivity contribution is 7.45. The van der Waals surface area contributed by atoms with Gasteiger partial charge in [-0.15, -0.1) is 0 Å². The molecule has 3 aromatic rings. The Kier molecular flexibility index (Phi) is 32.5. The fraction of sp³-hybridized carbons (Fsp3) is 0.714. The number of amides is 1. The SMILES string of the molecule is CCCCCCCCCCCCCCCC(=O)OC[C@H](COP(=O)([O-])OCC[N+](C)(C)C)OC(=O)CC[C@H](NC(=O)c1ccc(N(C)Cc2cnc3nc(N)nc(N)c3n2)cc1)C(=O)OCCCCCCCCCCCC. The summed E-state index contributed by atoms with van der Waals surface area (Å²) in [6.45, 7) is 3.99. The highest BCUT2D eigenvalue weighted by Crippen LogP contribution is 2.38. The van der Waals surface area contributed by atoms with Crippen molar-refractivity contribution in [1.29, 1.82) is 0 Å². The molecule has 0 spiro atoms. The number of aromatic nitrogens is 4. The third-order valence-electron chi connectivity index (χ3n) is 13.1. The van der Waals surface area contributed by atoms with Gasteiger partial charge in [0.15, 0.2) is 23.1 Å². The Morgan fingerprint density at radius 1 is 0.688 bits per heavy atom. The van der Waals surface area contributed by atoms with Gasteiger partial charge in [0.2, 0.25) is 5.95 Å². The number of phosphoric acid groups is 1. The molecule has 1 amide bonds. The highest BCUT2D eigenvalue weighted by Gasteiger charge is 2.27. The third kappa shape index (κ3) is 30.1. The van der Waals surface area contributed by atoms with Crippen molar-refractivity contribution >= 4 is 60.3 Å². The minimum absolute atomic E-state index is 0.000828. The van der Waals surface area contributed by atoms with Crippen molar-refractivity contribution in [3.8, 4) is 0 Å². The molecule has 20 nitrogen and oxygen atoms in total. The number of rotatable bonds is 44. The maximum atomic E-state index is 13.7. The van der Waals surface area contributed by atoms with Gasteiger partial charge in [-0.1, -0.05) is 149 Å². The molecule has 2 aromatic heterocycles. The van der Waals surface area contributed by atoms with E-state index in [2.05, 4.69) is 39.1 Å². The number of carbonyl (C=O) groups excluding carboxylic acids is 4. The molecule has 0 aliphatic carbocycles. The maximum Gasteiger partial charge on any atom is 0.328 e. The number of anilines is 3. The molecule has 5 N–H and O–H groups in total. The van der Waals surface area contributed by atoms with Crippen molar-refractivity contribution in [1.82, 2.24) is 25.3 Å². The molecule has 0 radical (unpaired) electrons. The molecule has 77 heavy (non-hydrogen) atoms. The molecule has 1 aromatic carbocycles. The van der Waals surface area contributed by atoms with E-state index in [-0.39, 0.29) is 55.5 Å². The lowest BCUT2D eigenvalue weighted by Crippen LogP contribution is -2.42. The number of nitrogens with zero attached hydrogens (tertiary/aromatic N) is 6. The Hall–Kier alpha value is -5.01. The molecule has 0 saturated carbocycles. The van der Waals surface area contributed by atoms with Crippen LogP contribution in [0.5, 0.6) is 0 Å². The van der Waals surface area contributed by atoms with Crippen molar-refractivity contribution in [2.45, 2.75) is 199 Å². The smallest absolute Gasteiger partial charge is 0.328 e. The molecule has 0 saturated heterocycles.